The Labute approximate surface area is 204 Å². The van der Waals surface area contributed by atoms with Crippen LogP contribution in [0.2, 0.25) is 0 Å². The Kier molecular flexibility index (Phi) is 10.2. The maximum Gasteiger partial charge on any atom is 0.102 e. The van der Waals surface area contributed by atoms with Gasteiger partial charge in [0, 0.05) is 17.3 Å². The summed E-state index contributed by atoms with van der Waals surface area (Å²) in [6.45, 7) is 15.8. The number of fused-ring (bicyclic) bond motifs is 1. The van der Waals surface area contributed by atoms with Crippen molar-refractivity contribution < 1.29 is 4.74 Å². The quantitative estimate of drug-likeness (QED) is 0.186. The van der Waals surface area contributed by atoms with Crippen LogP contribution in [0.15, 0.2) is 48.4 Å². The van der Waals surface area contributed by atoms with E-state index >= 15 is 0 Å². The van der Waals surface area contributed by atoms with Gasteiger partial charge in [-0.25, -0.2) is 4.98 Å². The van der Waals surface area contributed by atoms with Gasteiger partial charge in [0.1, 0.15) is 5.76 Å². The third-order valence-electron chi connectivity index (χ3n) is 5.69. The van der Waals surface area contributed by atoms with Gasteiger partial charge >= 0.3 is 0 Å². The van der Waals surface area contributed by atoms with Crippen LogP contribution < -0.4 is 11.1 Å². The SMILES string of the molecule is CC/C=C/C=C\C(=C(/C)OCC)c1cc(NCC(=N)/C=C\N)c2c(n1)c(C)c(CC)n2C(C)C. The third-order valence-corrected chi connectivity index (χ3v) is 5.69. The molecule has 2 aromatic rings. The molecule has 0 fully saturated rings. The maximum absolute atomic E-state index is 8.16. The molecule has 0 aromatic carbocycles. The molecule has 0 spiro atoms. The normalized spacial score (nSPS) is 13.1. The van der Waals surface area contributed by atoms with Crippen molar-refractivity contribution in [1.29, 1.82) is 5.41 Å². The van der Waals surface area contributed by atoms with Gasteiger partial charge in [0.25, 0.3) is 0 Å². The molecule has 0 unspecified atom stereocenters. The molecule has 0 saturated heterocycles. The fraction of sp³-hybridized carbons (Fsp3) is 0.429. The molecule has 0 radical (unpaired) electrons. The summed E-state index contributed by atoms with van der Waals surface area (Å²) in [6, 6.07) is 2.35. The zero-order chi connectivity index (χ0) is 25.3. The van der Waals surface area contributed by atoms with E-state index in [1.54, 1.807) is 6.08 Å². The number of anilines is 1. The molecule has 0 aliphatic carbocycles. The standard InChI is InChI=1S/C28H41N5O/c1-8-11-12-13-14-23(21(7)34-10-3)24-17-25(31-18-22(30)15-16-29)28-27(32-24)20(6)26(9-2)33(28)19(4)5/h11-17,19,30H,8-10,18,29H2,1-7H3,(H,31,32)/b12-11+,14-13-,16-15-,23-21-,30-22?. The zero-order valence-electron chi connectivity index (χ0n) is 21.8. The molecule has 0 aliphatic rings. The average molecular weight is 464 g/mol. The van der Waals surface area contributed by atoms with Gasteiger partial charge in [0.15, 0.2) is 0 Å². The summed E-state index contributed by atoms with van der Waals surface area (Å²) in [5.41, 5.74) is 13.2. The molecular weight excluding hydrogens is 422 g/mol. The predicted octanol–water partition coefficient (Wildman–Crippen LogP) is 6.68. The van der Waals surface area contributed by atoms with Crippen molar-refractivity contribution in [2.24, 2.45) is 5.73 Å². The Bertz CT molecular complexity index is 1120. The summed E-state index contributed by atoms with van der Waals surface area (Å²) in [5, 5.41) is 11.6. The maximum atomic E-state index is 8.16. The molecule has 2 rings (SSSR count). The van der Waals surface area contributed by atoms with Crippen LogP contribution in [0.5, 0.6) is 0 Å². The number of rotatable bonds is 12. The number of nitrogens with two attached hydrogens (primary N) is 1. The summed E-state index contributed by atoms with van der Waals surface area (Å²) in [7, 11) is 0. The summed E-state index contributed by atoms with van der Waals surface area (Å²) >= 11 is 0. The second-order valence-electron chi connectivity index (χ2n) is 8.48. The Morgan fingerprint density at radius 3 is 2.56 bits per heavy atom. The van der Waals surface area contributed by atoms with Crippen molar-refractivity contribution in [3.63, 3.8) is 0 Å². The predicted molar refractivity (Wildman–Crippen MR) is 147 cm³/mol. The van der Waals surface area contributed by atoms with E-state index in [0.717, 1.165) is 46.6 Å². The second kappa shape index (κ2) is 12.8. The highest BCUT2D eigenvalue weighted by atomic mass is 16.5. The van der Waals surface area contributed by atoms with Gasteiger partial charge in [-0.1, -0.05) is 32.1 Å². The second-order valence-corrected chi connectivity index (χ2v) is 8.48. The average Bonchev–Trinajstić information content (AvgIpc) is 3.09. The van der Waals surface area contributed by atoms with Gasteiger partial charge < -0.3 is 25.8 Å². The monoisotopic (exact) mass is 463 g/mol. The van der Waals surface area contributed by atoms with E-state index in [1.807, 2.05) is 26.0 Å². The van der Waals surface area contributed by atoms with E-state index in [0.29, 0.717) is 18.9 Å². The van der Waals surface area contributed by atoms with Gasteiger partial charge in [-0.2, -0.15) is 0 Å². The van der Waals surface area contributed by atoms with Crippen molar-refractivity contribution in [2.75, 3.05) is 18.5 Å². The Hall–Kier alpha value is -3.28. The smallest absolute Gasteiger partial charge is 0.102 e. The molecule has 0 saturated carbocycles. The number of hydrogen-bond donors (Lipinski definition) is 3. The minimum Gasteiger partial charge on any atom is -0.498 e. The number of pyridine rings is 1. The minimum absolute atomic E-state index is 0.280. The molecule has 6 heteroatoms. The number of aromatic nitrogens is 2. The van der Waals surface area contributed by atoms with Crippen LogP contribution in [0.3, 0.4) is 0 Å². The molecule has 2 heterocycles. The fourth-order valence-electron chi connectivity index (χ4n) is 4.18. The number of aryl methyl sites for hydroxylation is 1. The summed E-state index contributed by atoms with van der Waals surface area (Å²) in [6.07, 6.45) is 13.2. The summed E-state index contributed by atoms with van der Waals surface area (Å²) in [5.74, 6) is 0.830. The highest BCUT2D eigenvalue weighted by Crippen LogP contribution is 2.36. The van der Waals surface area contributed by atoms with E-state index < -0.39 is 0 Å². The van der Waals surface area contributed by atoms with E-state index in [9.17, 15) is 0 Å². The highest BCUT2D eigenvalue weighted by Gasteiger charge is 2.21. The molecule has 0 aliphatic heterocycles. The third kappa shape index (κ3) is 6.19. The van der Waals surface area contributed by atoms with Gasteiger partial charge in [-0.05, 0) is 77.4 Å². The van der Waals surface area contributed by atoms with Gasteiger partial charge in [-0.3, -0.25) is 0 Å². The first-order valence-electron chi connectivity index (χ1n) is 12.2. The Morgan fingerprint density at radius 2 is 1.97 bits per heavy atom. The Morgan fingerprint density at radius 1 is 1.24 bits per heavy atom. The van der Waals surface area contributed by atoms with Crippen LogP contribution in [0.25, 0.3) is 16.6 Å². The van der Waals surface area contributed by atoms with E-state index in [-0.39, 0.29) is 6.04 Å². The van der Waals surface area contributed by atoms with E-state index in [4.69, 9.17) is 20.9 Å². The van der Waals surface area contributed by atoms with Gasteiger partial charge in [0.05, 0.1) is 41.3 Å². The van der Waals surface area contributed by atoms with Crippen molar-refractivity contribution >= 4 is 28.0 Å². The number of nitrogens with zero attached hydrogens (tertiary/aromatic N) is 2. The van der Waals surface area contributed by atoms with Crippen LogP contribution in [0, 0.1) is 12.3 Å². The molecule has 0 atom stereocenters. The first kappa shape index (κ1) is 27.0. The fourth-order valence-corrected chi connectivity index (χ4v) is 4.18. The number of nitrogens with one attached hydrogen (secondary N) is 2. The molecular formula is C28H41N5O. The Balaban J connectivity index is 2.82. The van der Waals surface area contributed by atoms with Crippen LogP contribution in [0.1, 0.15) is 71.0 Å². The van der Waals surface area contributed by atoms with Crippen molar-refractivity contribution in [2.45, 2.75) is 67.3 Å². The van der Waals surface area contributed by atoms with Crippen molar-refractivity contribution in [3.8, 4) is 0 Å². The van der Waals surface area contributed by atoms with Gasteiger partial charge in [-0.15, -0.1) is 0 Å². The first-order chi connectivity index (χ1) is 16.3. The van der Waals surface area contributed by atoms with E-state index in [1.165, 1.54) is 17.5 Å². The van der Waals surface area contributed by atoms with Crippen LogP contribution >= 0.6 is 0 Å². The molecule has 0 bridgehead atoms. The molecule has 34 heavy (non-hydrogen) atoms. The summed E-state index contributed by atoms with van der Waals surface area (Å²) in [4.78, 5) is 5.15. The van der Waals surface area contributed by atoms with Crippen molar-refractivity contribution in [3.05, 3.63) is 65.4 Å². The topological polar surface area (TPSA) is 88.9 Å². The highest BCUT2D eigenvalue weighted by molar-refractivity contribution is 5.99. The lowest BCUT2D eigenvalue weighted by Gasteiger charge is -2.18. The summed E-state index contributed by atoms with van der Waals surface area (Å²) < 4.78 is 8.26. The number of ether oxygens (including phenoxy) is 1. The first-order valence-corrected chi connectivity index (χ1v) is 12.2. The van der Waals surface area contributed by atoms with Crippen molar-refractivity contribution in [1.82, 2.24) is 9.55 Å². The van der Waals surface area contributed by atoms with Crippen LogP contribution in [-0.2, 0) is 11.2 Å². The minimum atomic E-state index is 0.280. The lowest BCUT2D eigenvalue weighted by Crippen LogP contribution is -2.13. The van der Waals surface area contributed by atoms with Crippen LogP contribution in [0.4, 0.5) is 5.69 Å². The molecule has 4 N–H and O–H groups in total. The lowest BCUT2D eigenvalue weighted by atomic mass is 10.1. The van der Waals surface area contributed by atoms with E-state index in [2.05, 4.69) is 62.7 Å². The van der Waals surface area contributed by atoms with Gasteiger partial charge in [0.2, 0.25) is 0 Å². The molecule has 6 nitrogen and oxygen atoms in total. The van der Waals surface area contributed by atoms with Crippen LogP contribution in [-0.4, -0.2) is 28.4 Å². The zero-order valence-corrected chi connectivity index (χ0v) is 21.8. The molecule has 0 amide bonds. The lowest BCUT2D eigenvalue weighted by molar-refractivity contribution is 0.233. The molecule has 184 valence electrons. The largest absolute Gasteiger partial charge is 0.498 e. The molecule has 2 aromatic heterocycles. The number of hydrogen-bond acceptors (Lipinski definition) is 5. The number of allylic oxidation sites excluding steroid dienone is 6.